The smallest absolute Gasteiger partial charge is 0.194 e. The second-order valence-corrected chi connectivity index (χ2v) is 8.16. The molecular formula is C22H23FN2O2S. The lowest BCUT2D eigenvalue weighted by Crippen LogP contribution is -2.37. The van der Waals surface area contributed by atoms with Crippen molar-refractivity contribution in [3.05, 3.63) is 59.4 Å². The van der Waals surface area contributed by atoms with Crippen molar-refractivity contribution < 1.29 is 13.9 Å². The van der Waals surface area contributed by atoms with Gasteiger partial charge in [0, 0.05) is 12.5 Å². The molecule has 2 heterocycles. The number of ketones is 1. The first kappa shape index (κ1) is 19.0. The molecule has 4 rings (SSSR count). The summed E-state index contributed by atoms with van der Waals surface area (Å²) < 4.78 is 19.8. The monoisotopic (exact) mass is 398 g/mol. The van der Waals surface area contributed by atoms with E-state index in [2.05, 4.69) is 9.88 Å². The topological polar surface area (TPSA) is 42.4 Å². The number of carbonyl (C=O) groups is 1. The third kappa shape index (κ3) is 4.56. The van der Waals surface area contributed by atoms with Crippen molar-refractivity contribution in [3.63, 3.8) is 0 Å². The van der Waals surface area contributed by atoms with Crippen molar-refractivity contribution in [2.24, 2.45) is 5.92 Å². The van der Waals surface area contributed by atoms with Crippen LogP contribution in [0.2, 0.25) is 0 Å². The Kier molecular flexibility index (Phi) is 5.98. The van der Waals surface area contributed by atoms with E-state index in [0.717, 1.165) is 49.3 Å². The molecule has 0 radical (unpaired) electrons. The Morgan fingerprint density at radius 2 is 1.96 bits per heavy atom. The van der Waals surface area contributed by atoms with Gasteiger partial charge in [-0.05, 0) is 62.7 Å². The fourth-order valence-corrected chi connectivity index (χ4v) is 4.60. The number of nitrogens with zero attached hydrogens (tertiary/aromatic N) is 2. The van der Waals surface area contributed by atoms with E-state index in [4.69, 9.17) is 4.74 Å². The third-order valence-corrected chi connectivity index (χ3v) is 6.18. The number of likely N-dealkylation sites (tertiary alicyclic amines) is 1. The van der Waals surface area contributed by atoms with Gasteiger partial charge in [0.1, 0.15) is 11.6 Å². The molecule has 0 unspecified atom stereocenters. The lowest BCUT2D eigenvalue weighted by molar-refractivity contribution is 0.0835. The van der Waals surface area contributed by atoms with Crippen LogP contribution >= 0.6 is 11.3 Å². The Bertz CT molecular complexity index is 936. The van der Waals surface area contributed by atoms with Gasteiger partial charge >= 0.3 is 0 Å². The van der Waals surface area contributed by atoms with Gasteiger partial charge in [-0.15, -0.1) is 11.3 Å². The van der Waals surface area contributed by atoms with Crippen LogP contribution in [-0.4, -0.2) is 41.9 Å². The summed E-state index contributed by atoms with van der Waals surface area (Å²) in [6.07, 6.45) is 2.67. The number of halogens is 1. The molecule has 1 aliphatic rings. The molecule has 2 aromatic carbocycles. The number of piperidine rings is 1. The average molecular weight is 399 g/mol. The molecule has 28 heavy (non-hydrogen) atoms. The normalized spacial score (nSPS) is 15.8. The number of rotatable bonds is 7. The number of para-hydroxylation sites is 1. The predicted molar refractivity (Wildman–Crippen MR) is 110 cm³/mol. The van der Waals surface area contributed by atoms with Gasteiger partial charge in [-0.1, -0.05) is 18.2 Å². The zero-order valence-electron chi connectivity index (χ0n) is 15.6. The van der Waals surface area contributed by atoms with Crippen LogP contribution < -0.4 is 4.74 Å². The Hall–Kier alpha value is -2.31. The van der Waals surface area contributed by atoms with Crippen molar-refractivity contribution in [3.8, 4) is 5.75 Å². The van der Waals surface area contributed by atoms with Crippen molar-refractivity contribution >= 4 is 27.3 Å². The summed E-state index contributed by atoms with van der Waals surface area (Å²) in [6, 6.07) is 14.3. The van der Waals surface area contributed by atoms with E-state index in [-0.39, 0.29) is 17.5 Å². The first-order chi connectivity index (χ1) is 13.7. The number of carbonyl (C=O) groups excluding carboxylic acids is 1. The van der Waals surface area contributed by atoms with Gasteiger partial charge in [-0.25, -0.2) is 9.37 Å². The maximum Gasteiger partial charge on any atom is 0.194 e. The van der Waals surface area contributed by atoms with E-state index in [9.17, 15) is 9.18 Å². The molecule has 3 aromatic rings. The van der Waals surface area contributed by atoms with Gasteiger partial charge in [-0.3, -0.25) is 4.79 Å². The highest BCUT2D eigenvalue weighted by molar-refractivity contribution is 7.20. The van der Waals surface area contributed by atoms with Crippen LogP contribution in [0.25, 0.3) is 10.2 Å². The van der Waals surface area contributed by atoms with Crippen LogP contribution in [0, 0.1) is 11.7 Å². The Morgan fingerprint density at radius 1 is 1.18 bits per heavy atom. The van der Waals surface area contributed by atoms with Crippen LogP contribution in [0.15, 0.2) is 48.5 Å². The third-order valence-electron chi connectivity index (χ3n) is 5.15. The van der Waals surface area contributed by atoms with E-state index in [1.165, 1.54) is 23.5 Å². The molecule has 0 aliphatic carbocycles. The summed E-state index contributed by atoms with van der Waals surface area (Å²) in [7, 11) is 0. The number of ether oxygens (including phenoxy) is 1. The van der Waals surface area contributed by atoms with Crippen molar-refractivity contribution in [2.45, 2.75) is 19.3 Å². The molecular weight excluding hydrogens is 375 g/mol. The predicted octanol–water partition coefficient (Wildman–Crippen LogP) is 4.80. The summed E-state index contributed by atoms with van der Waals surface area (Å²) in [5.74, 6) is 0.734. The van der Waals surface area contributed by atoms with Crippen LogP contribution in [0.1, 0.15) is 29.1 Å². The average Bonchev–Trinajstić information content (AvgIpc) is 3.15. The summed E-state index contributed by atoms with van der Waals surface area (Å²) >= 11 is 1.30. The van der Waals surface area contributed by atoms with E-state index in [1.54, 1.807) is 6.07 Å². The summed E-state index contributed by atoms with van der Waals surface area (Å²) in [5, 5.41) is 0.510. The molecule has 0 saturated carbocycles. The number of aromatic nitrogens is 1. The lowest BCUT2D eigenvalue weighted by Gasteiger charge is -2.30. The Morgan fingerprint density at radius 3 is 2.75 bits per heavy atom. The molecule has 0 atom stereocenters. The molecule has 1 fully saturated rings. The van der Waals surface area contributed by atoms with Gasteiger partial charge in [0.2, 0.25) is 0 Å². The Balaban J connectivity index is 1.23. The second-order valence-electron chi connectivity index (χ2n) is 7.13. The molecule has 0 bridgehead atoms. The maximum atomic E-state index is 13.3. The number of hydrogen-bond donors (Lipinski definition) is 0. The molecule has 1 aromatic heterocycles. The van der Waals surface area contributed by atoms with Crippen molar-refractivity contribution in [1.29, 1.82) is 0 Å². The van der Waals surface area contributed by atoms with E-state index >= 15 is 0 Å². The number of fused-ring (bicyclic) bond motifs is 1. The van der Waals surface area contributed by atoms with E-state index in [0.29, 0.717) is 17.1 Å². The molecule has 0 N–H and O–H groups in total. The fraction of sp³-hybridized carbons (Fsp3) is 0.364. The highest BCUT2D eigenvalue weighted by Crippen LogP contribution is 2.28. The Labute approximate surface area is 168 Å². The number of benzene rings is 2. The minimum Gasteiger partial charge on any atom is -0.494 e. The molecule has 1 saturated heterocycles. The second kappa shape index (κ2) is 8.80. The van der Waals surface area contributed by atoms with Crippen LogP contribution in [-0.2, 0) is 0 Å². The molecule has 1 aliphatic heterocycles. The van der Waals surface area contributed by atoms with Crippen LogP contribution in [0.5, 0.6) is 5.75 Å². The van der Waals surface area contributed by atoms with Crippen molar-refractivity contribution in [2.75, 3.05) is 26.2 Å². The summed E-state index contributed by atoms with van der Waals surface area (Å²) in [6.45, 7) is 3.52. The minimum absolute atomic E-state index is 0.0160. The maximum absolute atomic E-state index is 13.3. The SMILES string of the molecule is O=C(c1nc2ccc(F)cc2s1)C1CCN(CCCOc2ccccc2)CC1. The van der Waals surface area contributed by atoms with Gasteiger partial charge in [-0.2, -0.15) is 0 Å². The fourth-order valence-electron chi connectivity index (χ4n) is 3.59. The molecule has 0 spiro atoms. The standard InChI is InChI=1S/C22H23FN2O2S/c23-17-7-8-19-20(15-17)28-22(24-19)21(26)16-9-12-25(13-10-16)11-4-14-27-18-5-2-1-3-6-18/h1-3,5-8,15-16H,4,9-14H2. The highest BCUT2D eigenvalue weighted by atomic mass is 32.1. The van der Waals surface area contributed by atoms with Crippen LogP contribution in [0.3, 0.4) is 0 Å². The number of Topliss-reactive ketones (excluding diaryl/α,β-unsaturated/α-hetero) is 1. The van der Waals surface area contributed by atoms with Gasteiger partial charge < -0.3 is 9.64 Å². The number of hydrogen-bond acceptors (Lipinski definition) is 5. The largest absolute Gasteiger partial charge is 0.494 e. The quantitative estimate of drug-likeness (QED) is 0.424. The van der Waals surface area contributed by atoms with Gasteiger partial charge in [0.15, 0.2) is 10.8 Å². The van der Waals surface area contributed by atoms with Gasteiger partial charge in [0.05, 0.1) is 16.8 Å². The van der Waals surface area contributed by atoms with Crippen molar-refractivity contribution in [1.82, 2.24) is 9.88 Å². The van der Waals surface area contributed by atoms with E-state index < -0.39 is 0 Å². The van der Waals surface area contributed by atoms with Crippen LogP contribution in [0.4, 0.5) is 4.39 Å². The summed E-state index contributed by atoms with van der Waals surface area (Å²) in [4.78, 5) is 19.6. The first-order valence-electron chi connectivity index (χ1n) is 9.69. The minimum atomic E-state index is -0.292. The zero-order valence-corrected chi connectivity index (χ0v) is 16.5. The molecule has 4 nitrogen and oxygen atoms in total. The highest BCUT2D eigenvalue weighted by Gasteiger charge is 2.27. The molecule has 146 valence electrons. The van der Waals surface area contributed by atoms with E-state index in [1.807, 2.05) is 30.3 Å². The zero-order chi connectivity index (χ0) is 19.3. The number of thiazole rings is 1. The molecule has 0 amide bonds. The lowest BCUT2D eigenvalue weighted by atomic mass is 9.92. The van der Waals surface area contributed by atoms with Gasteiger partial charge in [0.25, 0.3) is 0 Å². The molecule has 6 heteroatoms. The first-order valence-corrected chi connectivity index (χ1v) is 10.5. The summed E-state index contributed by atoms with van der Waals surface area (Å²) in [5.41, 5.74) is 0.700.